The van der Waals surface area contributed by atoms with Gasteiger partial charge in [-0.1, -0.05) is 12.1 Å². The van der Waals surface area contributed by atoms with E-state index < -0.39 is 0 Å². The van der Waals surface area contributed by atoms with Crippen molar-refractivity contribution >= 4 is 0 Å². The molecule has 0 atom stereocenters. The molecule has 1 rings (SSSR count). The minimum Gasteiger partial charge on any atom is -0.497 e. The number of methoxy groups -OCH3 is 2. The Labute approximate surface area is 85.8 Å². The lowest BCUT2D eigenvalue weighted by Gasteiger charge is -2.22. The van der Waals surface area contributed by atoms with Gasteiger partial charge in [0.1, 0.15) is 5.75 Å². The second kappa shape index (κ2) is 4.47. The standard InChI is InChI=1S/C12H18O2/c1-12(2,14-4)9-10-5-7-11(13-3)8-6-10/h5-8H,9H2,1-4H3. The summed E-state index contributed by atoms with van der Waals surface area (Å²) in [6.45, 7) is 4.16. The molecule has 78 valence electrons. The lowest BCUT2D eigenvalue weighted by atomic mass is 9.98. The average Bonchev–Trinajstić information content (AvgIpc) is 2.19. The minimum atomic E-state index is -0.103. The van der Waals surface area contributed by atoms with Crippen LogP contribution >= 0.6 is 0 Å². The van der Waals surface area contributed by atoms with Gasteiger partial charge in [0.15, 0.2) is 0 Å². The van der Waals surface area contributed by atoms with E-state index >= 15 is 0 Å². The second-order valence-corrected chi connectivity index (χ2v) is 3.99. The Kier molecular flexibility index (Phi) is 3.53. The zero-order chi connectivity index (χ0) is 10.6. The van der Waals surface area contributed by atoms with Crippen LogP contribution in [-0.2, 0) is 11.2 Å². The fourth-order valence-electron chi connectivity index (χ4n) is 1.31. The van der Waals surface area contributed by atoms with Crippen molar-refractivity contribution < 1.29 is 9.47 Å². The molecular formula is C12H18O2. The molecule has 0 spiro atoms. The SMILES string of the molecule is COc1ccc(CC(C)(C)OC)cc1. The third-order valence-electron chi connectivity index (χ3n) is 2.34. The molecule has 1 aromatic rings. The summed E-state index contributed by atoms with van der Waals surface area (Å²) in [5, 5.41) is 0. The van der Waals surface area contributed by atoms with Crippen molar-refractivity contribution in [3.8, 4) is 5.75 Å². The first kappa shape index (κ1) is 11.1. The summed E-state index contributed by atoms with van der Waals surface area (Å²) in [6, 6.07) is 8.08. The number of rotatable bonds is 4. The molecule has 0 aliphatic heterocycles. The molecule has 0 aliphatic carbocycles. The van der Waals surface area contributed by atoms with Gasteiger partial charge in [0.25, 0.3) is 0 Å². The van der Waals surface area contributed by atoms with E-state index in [2.05, 4.69) is 26.0 Å². The van der Waals surface area contributed by atoms with Crippen molar-refractivity contribution in [2.24, 2.45) is 0 Å². The van der Waals surface area contributed by atoms with E-state index in [1.165, 1.54) is 5.56 Å². The predicted molar refractivity (Wildman–Crippen MR) is 57.8 cm³/mol. The van der Waals surface area contributed by atoms with E-state index in [0.717, 1.165) is 12.2 Å². The molecule has 2 heteroatoms. The predicted octanol–water partition coefficient (Wildman–Crippen LogP) is 2.66. The molecule has 0 bridgehead atoms. The van der Waals surface area contributed by atoms with E-state index in [0.29, 0.717) is 0 Å². The van der Waals surface area contributed by atoms with Gasteiger partial charge in [-0.3, -0.25) is 0 Å². The highest BCUT2D eigenvalue weighted by Crippen LogP contribution is 2.18. The Balaban J connectivity index is 2.69. The Morgan fingerprint density at radius 3 is 2.07 bits per heavy atom. The molecular weight excluding hydrogens is 176 g/mol. The van der Waals surface area contributed by atoms with E-state index in [1.807, 2.05) is 12.1 Å². The van der Waals surface area contributed by atoms with Gasteiger partial charge in [-0.25, -0.2) is 0 Å². The van der Waals surface area contributed by atoms with Crippen LogP contribution in [-0.4, -0.2) is 19.8 Å². The van der Waals surface area contributed by atoms with E-state index in [4.69, 9.17) is 9.47 Å². The van der Waals surface area contributed by atoms with Crippen LogP contribution in [0.3, 0.4) is 0 Å². The van der Waals surface area contributed by atoms with Crippen LogP contribution in [0, 0.1) is 0 Å². The fraction of sp³-hybridized carbons (Fsp3) is 0.500. The van der Waals surface area contributed by atoms with Gasteiger partial charge in [0.05, 0.1) is 12.7 Å². The first-order valence-electron chi connectivity index (χ1n) is 4.75. The zero-order valence-corrected chi connectivity index (χ0v) is 9.33. The lowest BCUT2D eigenvalue weighted by molar-refractivity contribution is 0.0232. The third-order valence-corrected chi connectivity index (χ3v) is 2.34. The normalized spacial score (nSPS) is 11.4. The Morgan fingerprint density at radius 2 is 1.64 bits per heavy atom. The Bertz CT molecular complexity index is 275. The Morgan fingerprint density at radius 1 is 1.07 bits per heavy atom. The largest absolute Gasteiger partial charge is 0.497 e. The molecule has 2 nitrogen and oxygen atoms in total. The quantitative estimate of drug-likeness (QED) is 0.733. The number of benzene rings is 1. The highest BCUT2D eigenvalue weighted by molar-refractivity contribution is 5.27. The summed E-state index contributed by atoms with van der Waals surface area (Å²) in [5.74, 6) is 0.893. The van der Waals surface area contributed by atoms with Crippen LogP contribution < -0.4 is 4.74 Å². The molecule has 0 aliphatic rings. The van der Waals surface area contributed by atoms with Gasteiger partial charge in [-0.05, 0) is 31.5 Å². The summed E-state index contributed by atoms with van der Waals surface area (Å²) < 4.78 is 10.5. The molecule has 0 N–H and O–H groups in total. The minimum absolute atomic E-state index is 0.103. The van der Waals surface area contributed by atoms with Gasteiger partial charge in [-0.15, -0.1) is 0 Å². The van der Waals surface area contributed by atoms with Crippen LogP contribution in [0.25, 0.3) is 0 Å². The van der Waals surface area contributed by atoms with Crippen molar-refractivity contribution in [3.63, 3.8) is 0 Å². The average molecular weight is 194 g/mol. The fourth-order valence-corrected chi connectivity index (χ4v) is 1.31. The summed E-state index contributed by atoms with van der Waals surface area (Å²) >= 11 is 0. The van der Waals surface area contributed by atoms with E-state index in [1.54, 1.807) is 14.2 Å². The summed E-state index contributed by atoms with van der Waals surface area (Å²) in [5.41, 5.74) is 1.16. The third kappa shape index (κ3) is 3.04. The number of hydrogen-bond donors (Lipinski definition) is 0. The van der Waals surface area contributed by atoms with Gasteiger partial charge >= 0.3 is 0 Å². The molecule has 14 heavy (non-hydrogen) atoms. The monoisotopic (exact) mass is 194 g/mol. The van der Waals surface area contributed by atoms with Gasteiger partial charge in [0, 0.05) is 13.5 Å². The summed E-state index contributed by atoms with van der Waals surface area (Å²) in [4.78, 5) is 0. The van der Waals surface area contributed by atoms with Crippen molar-refractivity contribution in [1.29, 1.82) is 0 Å². The summed E-state index contributed by atoms with van der Waals surface area (Å²) in [6.07, 6.45) is 0.910. The first-order valence-corrected chi connectivity index (χ1v) is 4.75. The van der Waals surface area contributed by atoms with Crippen molar-refractivity contribution in [3.05, 3.63) is 29.8 Å². The van der Waals surface area contributed by atoms with Crippen molar-refractivity contribution in [2.75, 3.05) is 14.2 Å². The van der Waals surface area contributed by atoms with Crippen LogP contribution in [0.4, 0.5) is 0 Å². The Hall–Kier alpha value is -1.02. The van der Waals surface area contributed by atoms with E-state index in [-0.39, 0.29) is 5.60 Å². The molecule has 1 aromatic carbocycles. The summed E-state index contributed by atoms with van der Waals surface area (Å²) in [7, 11) is 3.41. The topological polar surface area (TPSA) is 18.5 Å². The molecule has 0 saturated carbocycles. The van der Waals surface area contributed by atoms with Crippen molar-refractivity contribution in [1.82, 2.24) is 0 Å². The van der Waals surface area contributed by atoms with Gasteiger partial charge in [0.2, 0.25) is 0 Å². The number of hydrogen-bond acceptors (Lipinski definition) is 2. The lowest BCUT2D eigenvalue weighted by Crippen LogP contribution is -2.25. The maximum absolute atomic E-state index is 5.37. The zero-order valence-electron chi connectivity index (χ0n) is 9.33. The van der Waals surface area contributed by atoms with Gasteiger partial charge < -0.3 is 9.47 Å². The molecule has 0 heterocycles. The second-order valence-electron chi connectivity index (χ2n) is 3.99. The highest BCUT2D eigenvalue weighted by Gasteiger charge is 2.16. The molecule has 0 aromatic heterocycles. The maximum Gasteiger partial charge on any atom is 0.118 e. The smallest absolute Gasteiger partial charge is 0.118 e. The number of ether oxygens (including phenoxy) is 2. The van der Waals surface area contributed by atoms with Crippen LogP contribution in [0.2, 0.25) is 0 Å². The molecule has 0 unspecified atom stereocenters. The van der Waals surface area contributed by atoms with Crippen LogP contribution in [0.15, 0.2) is 24.3 Å². The van der Waals surface area contributed by atoms with Crippen molar-refractivity contribution in [2.45, 2.75) is 25.9 Å². The first-order chi connectivity index (χ1) is 6.57. The van der Waals surface area contributed by atoms with Gasteiger partial charge in [-0.2, -0.15) is 0 Å². The molecule has 0 radical (unpaired) electrons. The van der Waals surface area contributed by atoms with Crippen LogP contribution in [0.5, 0.6) is 5.75 Å². The van der Waals surface area contributed by atoms with Crippen LogP contribution in [0.1, 0.15) is 19.4 Å². The molecule has 0 amide bonds. The van der Waals surface area contributed by atoms with E-state index in [9.17, 15) is 0 Å². The molecule has 0 saturated heterocycles. The molecule has 0 fully saturated rings. The highest BCUT2D eigenvalue weighted by atomic mass is 16.5. The maximum atomic E-state index is 5.37.